The molecule has 3 nitrogen and oxygen atoms in total. The second kappa shape index (κ2) is 5.44. The molecule has 0 fully saturated rings. The molecule has 2 aromatic rings. The molecule has 0 amide bonds. The Kier molecular flexibility index (Phi) is 3.49. The molecular weight excluding hydrogens is 274 g/mol. The van der Waals surface area contributed by atoms with Gasteiger partial charge < -0.3 is 9.47 Å². The average molecular weight is 286 g/mol. The highest BCUT2D eigenvalue weighted by molar-refractivity contribution is 6.30. The second-order valence-corrected chi connectivity index (χ2v) is 5.02. The first-order valence-corrected chi connectivity index (χ1v) is 6.71. The van der Waals surface area contributed by atoms with Crippen LogP contribution in [0.1, 0.15) is 16.7 Å². The van der Waals surface area contributed by atoms with Crippen molar-refractivity contribution in [3.63, 3.8) is 0 Å². The minimum atomic E-state index is 0.373. The van der Waals surface area contributed by atoms with Crippen LogP contribution in [0.3, 0.4) is 0 Å². The van der Waals surface area contributed by atoms with Crippen LogP contribution in [0.5, 0.6) is 11.5 Å². The molecule has 1 aliphatic rings. The van der Waals surface area contributed by atoms with Crippen LogP contribution in [0.25, 0.3) is 0 Å². The molecule has 0 unspecified atom stereocenters. The molecule has 0 bridgehead atoms. The topological polar surface area (TPSA) is 42.2 Å². The third-order valence-corrected chi connectivity index (χ3v) is 3.40. The summed E-state index contributed by atoms with van der Waals surface area (Å²) in [4.78, 5) is 0. The summed E-state index contributed by atoms with van der Waals surface area (Å²) in [6.07, 6.45) is 0.882. The van der Waals surface area contributed by atoms with E-state index in [1.54, 1.807) is 18.2 Å². The van der Waals surface area contributed by atoms with Crippen LogP contribution in [-0.4, -0.2) is 6.61 Å². The Morgan fingerprint density at radius 2 is 2.20 bits per heavy atom. The number of hydrogen-bond acceptors (Lipinski definition) is 3. The monoisotopic (exact) mass is 285 g/mol. The summed E-state index contributed by atoms with van der Waals surface area (Å²) < 4.78 is 11.4. The SMILES string of the molecule is N#Cc1cccc(OCc2cc(Cl)cc3c2OCC3)c1. The lowest BCUT2D eigenvalue weighted by molar-refractivity contribution is 0.292. The van der Waals surface area contributed by atoms with Gasteiger partial charge in [0.25, 0.3) is 0 Å². The number of benzene rings is 2. The van der Waals surface area contributed by atoms with Gasteiger partial charge in [0.15, 0.2) is 0 Å². The Morgan fingerprint density at radius 1 is 1.30 bits per heavy atom. The van der Waals surface area contributed by atoms with Crippen LogP contribution < -0.4 is 9.47 Å². The van der Waals surface area contributed by atoms with Crippen molar-refractivity contribution in [3.05, 3.63) is 58.1 Å². The number of hydrogen-bond donors (Lipinski definition) is 0. The first kappa shape index (κ1) is 12.8. The number of rotatable bonds is 3. The number of fused-ring (bicyclic) bond motifs is 1. The van der Waals surface area contributed by atoms with E-state index in [1.807, 2.05) is 18.2 Å². The normalized spacial score (nSPS) is 12.4. The Hall–Kier alpha value is -2.18. The largest absolute Gasteiger partial charge is 0.493 e. The van der Waals surface area contributed by atoms with Gasteiger partial charge in [0.1, 0.15) is 18.1 Å². The highest BCUT2D eigenvalue weighted by Gasteiger charge is 2.17. The highest BCUT2D eigenvalue weighted by Crippen LogP contribution is 2.33. The molecule has 0 aromatic heterocycles. The molecule has 1 aliphatic heterocycles. The van der Waals surface area contributed by atoms with E-state index in [-0.39, 0.29) is 0 Å². The fourth-order valence-corrected chi connectivity index (χ4v) is 2.53. The first-order chi connectivity index (χ1) is 9.76. The molecule has 3 rings (SSSR count). The Morgan fingerprint density at radius 3 is 3.05 bits per heavy atom. The third-order valence-electron chi connectivity index (χ3n) is 3.18. The van der Waals surface area contributed by atoms with Gasteiger partial charge in [-0.05, 0) is 35.9 Å². The molecular formula is C16H12ClNO2. The van der Waals surface area contributed by atoms with Crippen molar-refractivity contribution in [1.82, 2.24) is 0 Å². The molecule has 1 heterocycles. The van der Waals surface area contributed by atoms with Crippen LogP contribution in [0.2, 0.25) is 5.02 Å². The Labute approximate surface area is 122 Å². The summed E-state index contributed by atoms with van der Waals surface area (Å²) in [5, 5.41) is 9.56. The van der Waals surface area contributed by atoms with E-state index in [2.05, 4.69) is 6.07 Å². The van der Waals surface area contributed by atoms with Gasteiger partial charge in [-0.3, -0.25) is 0 Å². The van der Waals surface area contributed by atoms with Gasteiger partial charge in [-0.1, -0.05) is 17.7 Å². The van der Waals surface area contributed by atoms with Gasteiger partial charge in [-0.25, -0.2) is 0 Å². The van der Waals surface area contributed by atoms with Crippen LogP contribution in [0, 0.1) is 11.3 Å². The maximum absolute atomic E-state index is 8.87. The van der Waals surface area contributed by atoms with Crippen molar-refractivity contribution in [2.24, 2.45) is 0 Å². The zero-order valence-electron chi connectivity index (χ0n) is 10.7. The molecule has 0 aliphatic carbocycles. The summed E-state index contributed by atoms with van der Waals surface area (Å²) in [5.74, 6) is 1.54. The Bertz CT molecular complexity index is 691. The number of nitriles is 1. The van der Waals surface area contributed by atoms with E-state index in [9.17, 15) is 0 Å². The van der Waals surface area contributed by atoms with E-state index in [4.69, 9.17) is 26.3 Å². The summed E-state index contributed by atoms with van der Waals surface area (Å²) in [5.41, 5.74) is 2.64. The smallest absolute Gasteiger partial charge is 0.129 e. The van der Waals surface area contributed by atoms with Crippen molar-refractivity contribution < 1.29 is 9.47 Å². The summed E-state index contributed by atoms with van der Waals surface area (Å²) in [6, 6.07) is 13.0. The quantitative estimate of drug-likeness (QED) is 0.863. The molecule has 0 spiro atoms. The van der Waals surface area contributed by atoms with Crippen molar-refractivity contribution in [1.29, 1.82) is 5.26 Å². The lowest BCUT2D eigenvalue weighted by Gasteiger charge is -2.11. The lowest BCUT2D eigenvalue weighted by atomic mass is 10.1. The van der Waals surface area contributed by atoms with Gasteiger partial charge in [-0.2, -0.15) is 5.26 Å². The predicted molar refractivity (Wildman–Crippen MR) is 76.1 cm³/mol. The van der Waals surface area contributed by atoms with Crippen LogP contribution in [0.15, 0.2) is 36.4 Å². The molecule has 0 saturated carbocycles. The van der Waals surface area contributed by atoms with E-state index in [0.717, 1.165) is 23.3 Å². The molecule has 0 N–H and O–H groups in total. The second-order valence-electron chi connectivity index (χ2n) is 4.58. The molecule has 4 heteroatoms. The van der Waals surface area contributed by atoms with E-state index < -0.39 is 0 Å². The minimum Gasteiger partial charge on any atom is -0.493 e. The van der Waals surface area contributed by atoms with Crippen molar-refractivity contribution in [2.45, 2.75) is 13.0 Å². The van der Waals surface area contributed by atoms with Gasteiger partial charge in [0.05, 0.1) is 18.2 Å². The standard InChI is InChI=1S/C16H12ClNO2/c17-14-7-12-4-5-19-16(12)13(8-14)10-20-15-3-1-2-11(6-15)9-18/h1-3,6-8H,4-5,10H2. The highest BCUT2D eigenvalue weighted by atomic mass is 35.5. The van der Waals surface area contributed by atoms with Crippen LogP contribution in [0.4, 0.5) is 0 Å². The maximum atomic E-state index is 8.87. The van der Waals surface area contributed by atoms with E-state index in [0.29, 0.717) is 29.5 Å². The molecule has 0 atom stereocenters. The van der Waals surface area contributed by atoms with Gasteiger partial charge in [0.2, 0.25) is 0 Å². The van der Waals surface area contributed by atoms with Crippen LogP contribution in [-0.2, 0) is 13.0 Å². The predicted octanol–water partition coefficient (Wildman–Crippen LogP) is 3.73. The zero-order chi connectivity index (χ0) is 13.9. The van der Waals surface area contributed by atoms with E-state index >= 15 is 0 Å². The zero-order valence-corrected chi connectivity index (χ0v) is 11.5. The average Bonchev–Trinajstić information content (AvgIpc) is 2.93. The first-order valence-electron chi connectivity index (χ1n) is 6.33. The summed E-state index contributed by atoms with van der Waals surface area (Å²) >= 11 is 6.10. The fourth-order valence-electron chi connectivity index (χ4n) is 2.27. The van der Waals surface area contributed by atoms with Crippen LogP contribution >= 0.6 is 11.6 Å². The lowest BCUT2D eigenvalue weighted by Crippen LogP contribution is -1.99. The van der Waals surface area contributed by atoms with Crippen molar-refractivity contribution in [3.8, 4) is 17.6 Å². The minimum absolute atomic E-state index is 0.373. The number of nitrogens with zero attached hydrogens (tertiary/aromatic N) is 1. The van der Waals surface area contributed by atoms with Gasteiger partial charge in [0, 0.05) is 17.0 Å². The Balaban J connectivity index is 1.80. The third kappa shape index (κ3) is 2.56. The van der Waals surface area contributed by atoms with Gasteiger partial charge in [-0.15, -0.1) is 0 Å². The fraction of sp³-hybridized carbons (Fsp3) is 0.188. The van der Waals surface area contributed by atoms with Crippen molar-refractivity contribution >= 4 is 11.6 Å². The molecule has 0 saturated heterocycles. The number of ether oxygens (including phenoxy) is 2. The maximum Gasteiger partial charge on any atom is 0.129 e. The number of halogens is 1. The molecule has 2 aromatic carbocycles. The van der Waals surface area contributed by atoms with Crippen molar-refractivity contribution in [2.75, 3.05) is 6.61 Å². The summed E-state index contributed by atoms with van der Waals surface area (Å²) in [7, 11) is 0. The van der Waals surface area contributed by atoms with E-state index in [1.165, 1.54) is 0 Å². The summed E-state index contributed by atoms with van der Waals surface area (Å²) in [6.45, 7) is 1.06. The molecule has 20 heavy (non-hydrogen) atoms. The molecule has 0 radical (unpaired) electrons. The van der Waals surface area contributed by atoms with Gasteiger partial charge >= 0.3 is 0 Å². The molecule has 100 valence electrons.